The molecule has 0 bridgehead atoms. The lowest BCUT2D eigenvalue weighted by Crippen LogP contribution is -2.43. The molecule has 150 valence electrons. The van der Waals surface area contributed by atoms with Gasteiger partial charge < -0.3 is 10.0 Å². The van der Waals surface area contributed by atoms with Gasteiger partial charge in [0.2, 0.25) is 0 Å². The number of sulfonamides is 1. The van der Waals surface area contributed by atoms with Crippen molar-refractivity contribution in [3.63, 3.8) is 0 Å². The number of rotatable bonds is 4. The van der Waals surface area contributed by atoms with Crippen molar-refractivity contribution in [3.05, 3.63) is 89.5 Å². The third-order valence-electron chi connectivity index (χ3n) is 5.45. The topological polar surface area (TPSA) is 60.9 Å². The molecule has 0 radical (unpaired) electrons. The zero-order valence-electron chi connectivity index (χ0n) is 16.6. The third-order valence-corrected chi connectivity index (χ3v) is 7.25. The predicted octanol–water partition coefficient (Wildman–Crippen LogP) is 4.01. The maximum atomic E-state index is 13.4. The first-order valence-electron chi connectivity index (χ1n) is 9.48. The Labute approximate surface area is 171 Å². The molecule has 0 saturated heterocycles. The van der Waals surface area contributed by atoms with E-state index in [0.717, 1.165) is 26.7 Å². The smallest absolute Gasteiger partial charge is 0.266 e. The van der Waals surface area contributed by atoms with Crippen molar-refractivity contribution in [2.75, 3.05) is 16.3 Å². The second kappa shape index (κ2) is 7.21. The molecule has 0 spiro atoms. The van der Waals surface area contributed by atoms with E-state index in [-0.39, 0.29) is 4.90 Å². The molecule has 0 amide bonds. The lowest BCUT2D eigenvalue weighted by atomic mass is 10.1. The summed E-state index contributed by atoms with van der Waals surface area (Å²) in [5.41, 5.74) is 4.30. The van der Waals surface area contributed by atoms with E-state index < -0.39 is 22.3 Å². The second-order valence-electron chi connectivity index (χ2n) is 7.48. The number of hydrogen-bond acceptors (Lipinski definition) is 4. The van der Waals surface area contributed by atoms with Crippen LogP contribution in [0.5, 0.6) is 0 Å². The Morgan fingerprint density at radius 3 is 2.03 bits per heavy atom. The summed E-state index contributed by atoms with van der Waals surface area (Å²) >= 11 is 0. The number of fused-ring (bicyclic) bond motifs is 1. The summed E-state index contributed by atoms with van der Waals surface area (Å²) < 4.78 is 28.0. The lowest BCUT2D eigenvalue weighted by Gasteiger charge is -2.32. The first-order valence-corrected chi connectivity index (χ1v) is 10.9. The molecule has 5 nitrogen and oxygen atoms in total. The minimum Gasteiger partial charge on any atom is -0.370 e. The molecule has 1 aliphatic heterocycles. The number of aliphatic hydroxyl groups is 1. The summed E-state index contributed by atoms with van der Waals surface area (Å²) in [6, 6.07) is 21.4. The number of hydrogen-bond donors (Lipinski definition) is 1. The van der Waals surface area contributed by atoms with Gasteiger partial charge >= 0.3 is 0 Å². The Kier molecular flexibility index (Phi) is 4.84. The normalized spacial score (nSPS) is 18.6. The lowest BCUT2D eigenvalue weighted by molar-refractivity contribution is 0.164. The minimum atomic E-state index is -3.92. The zero-order valence-corrected chi connectivity index (χ0v) is 17.5. The number of benzene rings is 3. The van der Waals surface area contributed by atoms with Crippen LogP contribution in [0.1, 0.15) is 22.7 Å². The number of likely N-dealkylation sites (N-methyl/N-ethyl adjacent to an activating group) is 1. The molecule has 1 aliphatic rings. The van der Waals surface area contributed by atoms with Gasteiger partial charge in [0, 0.05) is 18.3 Å². The summed E-state index contributed by atoms with van der Waals surface area (Å²) in [5, 5.41) is 11.2. The van der Waals surface area contributed by atoms with Crippen LogP contribution in [0.15, 0.2) is 77.7 Å². The first-order chi connectivity index (χ1) is 13.8. The number of para-hydroxylation sites is 1. The van der Waals surface area contributed by atoms with Gasteiger partial charge in [-0.1, -0.05) is 53.6 Å². The van der Waals surface area contributed by atoms with Crippen molar-refractivity contribution in [1.82, 2.24) is 0 Å². The van der Waals surface area contributed by atoms with Gasteiger partial charge in [-0.2, -0.15) is 0 Å². The van der Waals surface area contributed by atoms with Gasteiger partial charge in [0.05, 0.1) is 10.6 Å². The van der Waals surface area contributed by atoms with Gasteiger partial charge in [0.1, 0.15) is 6.04 Å². The van der Waals surface area contributed by atoms with Crippen molar-refractivity contribution in [1.29, 1.82) is 0 Å². The van der Waals surface area contributed by atoms with Crippen molar-refractivity contribution < 1.29 is 13.5 Å². The Balaban J connectivity index is 1.79. The highest BCUT2D eigenvalue weighted by atomic mass is 32.2. The highest BCUT2D eigenvalue weighted by Crippen LogP contribution is 2.45. The Bertz CT molecular complexity index is 1130. The molecule has 3 aromatic carbocycles. The molecule has 0 saturated carbocycles. The molecule has 2 atom stereocenters. The minimum absolute atomic E-state index is 0.163. The highest BCUT2D eigenvalue weighted by Gasteiger charge is 2.45. The van der Waals surface area contributed by atoms with E-state index in [0.29, 0.717) is 5.69 Å². The molecule has 4 rings (SSSR count). The average Bonchev–Trinajstić information content (AvgIpc) is 3.00. The van der Waals surface area contributed by atoms with E-state index >= 15 is 0 Å². The molecule has 1 heterocycles. The van der Waals surface area contributed by atoms with Crippen molar-refractivity contribution >= 4 is 21.4 Å². The van der Waals surface area contributed by atoms with Crippen molar-refractivity contribution in [2.24, 2.45) is 0 Å². The maximum absolute atomic E-state index is 13.4. The molecule has 0 aliphatic carbocycles. The largest absolute Gasteiger partial charge is 0.370 e. The molecule has 0 aromatic heterocycles. The molecule has 29 heavy (non-hydrogen) atoms. The summed E-state index contributed by atoms with van der Waals surface area (Å²) in [6.45, 7) is 3.92. The van der Waals surface area contributed by atoms with Crippen LogP contribution in [0.25, 0.3) is 0 Å². The van der Waals surface area contributed by atoms with Crippen LogP contribution in [0, 0.1) is 13.8 Å². The molecular weight excluding hydrogens is 384 g/mol. The quantitative estimate of drug-likeness (QED) is 0.709. The molecule has 1 N–H and O–H groups in total. The first kappa shape index (κ1) is 19.5. The molecule has 3 aromatic rings. The summed E-state index contributed by atoms with van der Waals surface area (Å²) in [4.78, 5) is 2.09. The number of aliphatic hydroxyl groups excluding tert-OH is 1. The fourth-order valence-corrected chi connectivity index (χ4v) is 5.35. The van der Waals surface area contributed by atoms with Gasteiger partial charge in [0.15, 0.2) is 6.23 Å². The van der Waals surface area contributed by atoms with E-state index in [4.69, 9.17) is 0 Å². The van der Waals surface area contributed by atoms with Crippen LogP contribution < -0.4 is 9.21 Å². The fraction of sp³-hybridized carbons (Fsp3) is 0.217. The van der Waals surface area contributed by atoms with Crippen molar-refractivity contribution in [3.8, 4) is 0 Å². The van der Waals surface area contributed by atoms with E-state index in [1.165, 1.54) is 0 Å². The molecular formula is C23H24N2O3S. The number of anilines is 2. The number of nitrogens with zero attached hydrogens (tertiary/aromatic N) is 2. The second-order valence-corrected chi connectivity index (χ2v) is 9.29. The molecule has 6 heteroatoms. The van der Waals surface area contributed by atoms with E-state index in [2.05, 4.69) is 0 Å². The third kappa shape index (κ3) is 3.28. The monoisotopic (exact) mass is 408 g/mol. The van der Waals surface area contributed by atoms with Crippen LogP contribution >= 0.6 is 0 Å². The van der Waals surface area contributed by atoms with Crippen LogP contribution in [0.3, 0.4) is 0 Å². The van der Waals surface area contributed by atoms with Crippen LogP contribution in [0.4, 0.5) is 11.4 Å². The van der Waals surface area contributed by atoms with E-state index in [9.17, 15) is 13.5 Å². The van der Waals surface area contributed by atoms with Crippen LogP contribution in [0.2, 0.25) is 0 Å². The number of aryl methyl sites for hydroxylation is 2. The van der Waals surface area contributed by atoms with Gasteiger partial charge in [-0.25, -0.2) is 12.7 Å². The summed E-state index contributed by atoms with van der Waals surface area (Å²) in [5.74, 6) is 0. The zero-order chi connectivity index (χ0) is 20.8. The summed E-state index contributed by atoms with van der Waals surface area (Å²) in [6.07, 6.45) is -1.25. The maximum Gasteiger partial charge on any atom is 0.266 e. The highest BCUT2D eigenvalue weighted by molar-refractivity contribution is 7.92. The summed E-state index contributed by atoms with van der Waals surface area (Å²) in [7, 11) is -2.04. The van der Waals surface area contributed by atoms with E-state index in [1.54, 1.807) is 36.4 Å². The Morgan fingerprint density at radius 1 is 0.862 bits per heavy atom. The van der Waals surface area contributed by atoms with E-state index in [1.807, 2.05) is 62.2 Å². The Morgan fingerprint density at radius 2 is 1.41 bits per heavy atom. The molecule has 2 unspecified atom stereocenters. The standard InChI is InChI=1S/C23H24N2O3S/c1-16-8-12-18(13-9-16)24(3)22-20-6-4-5-7-21(20)25(23(22)26)29(27,28)19-14-10-17(2)11-15-19/h4-15,22-23,26H,1-3H3. The fourth-order valence-electron chi connectivity index (χ4n) is 3.81. The van der Waals surface area contributed by atoms with Crippen LogP contribution in [-0.4, -0.2) is 26.8 Å². The predicted molar refractivity (Wildman–Crippen MR) is 116 cm³/mol. The van der Waals surface area contributed by atoms with Gasteiger partial charge in [0.25, 0.3) is 10.0 Å². The average molecular weight is 409 g/mol. The van der Waals surface area contributed by atoms with Gasteiger partial charge in [-0.05, 0) is 44.2 Å². The van der Waals surface area contributed by atoms with Crippen LogP contribution in [-0.2, 0) is 10.0 Å². The van der Waals surface area contributed by atoms with Crippen molar-refractivity contribution in [2.45, 2.75) is 31.0 Å². The van der Waals surface area contributed by atoms with Gasteiger partial charge in [-0.15, -0.1) is 0 Å². The SMILES string of the molecule is Cc1ccc(N(C)C2c3ccccc3N(S(=O)(=O)c3ccc(C)cc3)C2O)cc1. The van der Waals surface area contributed by atoms with Gasteiger partial charge in [-0.3, -0.25) is 0 Å². The Hall–Kier alpha value is -2.83. The molecule has 0 fully saturated rings.